The summed E-state index contributed by atoms with van der Waals surface area (Å²) in [6.07, 6.45) is -5.07. The summed E-state index contributed by atoms with van der Waals surface area (Å²) in [6.45, 7) is 5.20. The lowest BCUT2D eigenvalue weighted by Gasteiger charge is -2.19. The van der Waals surface area contributed by atoms with E-state index >= 15 is 0 Å². The van der Waals surface area contributed by atoms with Crippen molar-refractivity contribution in [3.05, 3.63) is 35.5 Å². The lowest BCUT2D eigenvalue weighted by Crippen LogP contribution is -2.33. The minimum atomic E-state index is -4.47. The highest BCUT2D eigenvalue weighted by molar-refractivity contribution is 5.85. The molecule has 2 N–H and O–H groups in total. The van der Waals surface area contributed by atoms with E-state index in [1.54, 1.807) is 45.0 Å². The SMILES string of the molecule is CC(C)(C)OC(=O)NCCc1c(C(F)(F)F)[nH]c2ccccc12. The molecule has 23 heavy (non-hydrogen) atoms. The first-order valence-corrected chi connectivity index (χ1v) is 7.21. The highest BCUT2D eigenvalue weighted by Gasteiger charge is 2.36. The molecule has 2 aromatic rings. The van der Waals surface area contributed by atoms with Crippen LogP contribution in [0, 0.1) is 0 Å². The van der Waals surface area contributed by atoms with Crippen molar-refractivity contribution >= 4 is 17.0 Å². The number of rotatable bonds is 3. The number of hydrogen-bond donors (Lipinski definition) is 2. The lowest BCUT2D eigenvalue weighted by molar-refractivity contribution is -0.141. The fraction of sp³-hybridized carbons (Fsp3) is 0.438. The first-order chi connectivity index (χ1) is 10.6. The molecule has 1 amide bonds. The number of benzene rings is 1. The third-order valence-corrected chi connectivity index (χ3v) is 3.14. The van der Waals surface area contributed by atoms with Gasteiger partial charge < -0.3 is 15.0 Å². The Labute approximate surface area is 132 Å². The molecule has 0 fully saturated rings. The first-order valence-electron chi connectivity index (χ1n) is 7.21. The molecule has 0 atom stereocenters. The smallest absolute Gasteiger partial charge is 0.431 e. The van der Waals surface area contributed by atoms with Crippen molar-refractivity contribution in [2.24, 2.45) is 0 Å². The van der Waals surface area contributed by atoms with Crippen molar-refractivity contribution in [3.63, 3.8) is 0 Å². The van der Waals surface area contributed by atoms with Gasteiger partial charge in [-0.25, -0.2) is 4.79 Å². The Hall–Kier alpha value is -2.18. The van der Waals surface area contributed by atoms with Crippen LogP contribution in [0.1, 0.15) is 32.0 Å². The molecular weight excluding hydrogens is 309 g/mol. The number of amides is 1. The predicted molar refractivity (Wildman–Crippen MR) is 81.2 cm³/mol. The molecule has 0 saturated heterocycles. The zero-order chi connectivity index (χ0) is 17.3. The summed E-state index contributed by atoms with van der Waals surface area (Å²) in [5.41, 5.74) is -0.858. The van der Waals surface area contributed by atoms with Crippen molar-refractivity contribution in [3.8, 4) is 0 Å². The quantitative estimate of drug-likeness (QED) is 0.885. The second-order valence-electron chi connectivity index (χ2n) is 6.20. The average molecular weight is 328 g/mol. The van der Waals surface area contributed by atoms with Crippen LogP contribution in [0.4, 0.5) is 18.0 Å². The number of para-hydroxylation sites is 1. The molecular formula is C16H19F3N2O2. The van der Waals surface area contributed by atoms with E-state index in [4.69, 9.17) is 4.74 Å². The Balaban J connectivity index is 2.15. The van der Waals surface area contributed by atoms with Crippen LogP contribution in [0.25, 0.3) is 10.9 Å². The van der Waals surface area contributed by atoms with E-state index in [0.717, 1.165) is 0 Å². The van der Waals surface area contributed by atoms with Gasteiger partial charge in [0.25, 0.3) is 0 Å². The topological polar surface area (TPSA) is 54.1 Å². The largest absolute Gasteiger partial charge is 0.444 e. The Bertz CT molecular complexity index is 699. The molecule has 126 valence electrons. The maximum Gasteiger partial charge on any atom is 0.431 e. The van der Waals surface area contributed by atoms with Crippen LogP contribution in [-0.2, 0) is 17.3 Å². The molecule has 0 unspecified atom stereocenters. The van der Waals surface area contributed by atoms with Crippen LogP contribution in [0.2, 0.25) is 0 Å². The number of aromatic amines is 1. The average Bonchev–Trinajstić information content (AvgIpc) is 2.76. The molecule has 4 nitrogen and oxygen atoms in total. The molecule has 0 bridgehead atoms. The third-order valence-electron chi connectivity index (χ3n) is 3.14. The molecule has 1 aromatic carbocycles. The van der Waals surface area contributed by atoms with E-state index in [9.17, 15) is 18.0 Å². The van der Waals surface area contributed by atoms with Gasteiger partial charge >= 0.3 is 12.3 Å². The molecule has 0 aliphatic heterocycles. The highest BCUT2D eigenvalue weighted by atomic mass is 19.4. The molecule has 0 aliphatic carbocycles. The molecule has 1 heterocycles. The van der Waals surface area contributed by atoms with Gasteiger partial charge in [0.05, 0.1) is 0 Å². The van der Waals surface area contributed by atoms with E-state index < -0.39 is 23.6 Å². The van der Waals surface area contributed by atoms with E-state index in [2.05, 4.69) is 10.3 Å². The summed E-state index contributed by atoms with van der Waals surface area (Å²) in [6, 6.07) is 6.57. The van der Waals surface area contributed by atoms with E-state index in [1.807, 2.05) is 0 Å². The molecule has 0 radical (unpaired) electrons. The number of H-pyrrole nitrogens is 1. The summed E-state index contributed by atoms with van der Waals surface area (Å²) in [5.74, 6) is 0. The number of hydrogen-bond acceptors (Lipinski definition) is 2. The summed E-state index contributed by atoms with van der Waals surface area (Å²) < 4.78 is 44.5. The first kappa shape index (κ1) is 17.2. The summed E-state index contributed by atoms with van der Waals surface area (Å²) in [4.78, 5) is 14.0. The van der Waals surface area contributed by atoms with Gasteiger partial charge in [-0.3, -0.25) is 0 Å². The van der Waals surface area contributed by atoms with Crippen LogP contribution < -0.4 is 5.32 Å². The second-order valence-corrected chi connectivity index (χ2v) is 6.20. The standard InChI is InChI=1S/C16H19F3N2O2/c1-15(2,3)23-14(22)20-9-8-11-10-6-4-5-7-12(10)21-13(11)16(17,18)19/h4-7,21H,8-9H2,1-3H3,(H,20,22). The highest BCUT2D eigenvalue weighted by Crippen LogP contribution is 2.35. The van der Waals surface area contributed by atoms with Gasteiger partial charge in [0.15, 0.2) is 0 Å². The van der Waals surface area contributed by atoms with Gasteiger partial charge in [-0.05, 0) is 38.8 Å². The number of nitrogens with one attached hydrogen (secondary N) is 2. The Morgan fingerprint density at radius 1 is 1.22 bits per heavy atom. The van der Waals surface area contributed by atoms with E-state index in [-0.39, 0.29) is 18.5 Å². The number of ether oxygens (including phenoxy) is 1. The monoisotopic (exact) mass is 328 g/mol. The van der Waals surface area contributed by atoms with Crippen LogP contribution in [0.15, 0.2) is 24.3 Å². The maximum absolute atomic E-state index is 13.2. The maximum atomic E-state index is 13.2. The fourth-order valence-corrected chi connectivity index (χ4v) is 2.31. The van der Waals surface area contributed by atoms with E-state index in [1.165, 1.54) is 0 Å². The summed E-state index contributed by atoms with van der Waals surface area (Å²) in [5, 5.41) is 2.98. The molecule has 0 aliphatic rings. The number of aromatic nitrogens is 1. The third kappa shape index (κ3) is 4.40. The molecule has 7 heteroatoms. The lowest BCUT2D eigenvalue weighted by atomic mass is 10.1. The second kappa shape index (κ2) is 6.14. The number of alkyl carbamates (subject to hydrolysis) is 1. The Morgan fingerprint density at radius 3 is 2.48 bits per heavy atom. The molecule has 0 saturated carbocycles. The minimum Gasteiger partial charge on any atom is -0.444 e. The minimum absolute atomic E-state index is 0.0537. The molecule has 2 rings (SSSR count). The molecule has 1 aromatic heterocycles. The van der Waals surface area contributed by atoms with Crippen LogP contribution >= 0.6 is 0 Å². The number of carbonyl (C=O) groups is 1. The van der Waals surface area contributed by atoms with Crippen LogP contribution in [-0.4, -0.2) is 23.2 Å². The van der Waals surface area contributed by atoms with Gasteiger partial charge in [0, 0.05) is 17.4 Å². The van der Waals surface area contributed by atoms with Crippen molar-refractivity contribution in [2.45, 2.75) is 39.0 Å². The van der Waals surface area contributed by atoms with Crippen LogP contribution in [0.3, 0.4) is 0 Å². The fourth-order valence-electron chi connectivity index (χ4n) is 2.31. The summed E-state index contributed by atoms with van der Waals surface area (Å²) >= 11 is 0. The number of fused-ring (bicyclic) bond motifs is 1. The zero-order valence-corrected chi connectivity index (χ0v) is 13.2. The van der Waals surface area contributed by atoms with Gasteiger partial charge in [-0.15, -0.1) is 0 Å². The van der Waals surface area contributed by atoms with Crippen molar-refractivity contribution in [1.29, 1.82) is 0 Å². The van der Waals surface area contributed by atoms with Gasteiger partial charge in [-0.2, -0.15) is 13.2 Å². The van der Waals surface area contributed by atoms with Crippen molar-refractivity contribution < 1.29 is 22.7 Å². The number of alkyl halides is 3. The Kier molecular flexibility index (Phi) is 4.58. The van der Waals surface area contributed by atoms with Gasteiger partial charge in [0.2, 0.25) is 0 Å². The van der Waals surface area contributed by atoms with Crippen molar-refractivity contribution in [1.82, 2.24) is 10.3 Å². The summed E-state index contributed by atoms with van der Waals surface area (Å²) in [7, 11) is 0. The number of halogens is 3. The molecule has 0 spiro atoms. The Morgan fingerprint density at radius 2 is 1.87 bits per heavy atom. The number of carbonyl (C=O) groups excluding carboxylic acids is 1. The van der Waals surface area contributed by atoms with Gasteiger partial charge in [-0.1, -0.05) is 18.2 Å². The normalized spacial score (nSPS) is 12.4. The predicted octanol–water partition coefficient (Wildman–Crippen LogP) is 4.25. The van der Waals surface area contributed by atoms with E-state index in [0.29, 0.717) is 10.9 Å². The van der Waals surface area contributed by atoms with Gasteiger partial charge in [0.1, 0.15) is 11.3 Å². The zero-order valence-electron chi connectivity index (χ0n) is 13.2. The van der Waals surface area contributed by atoms with Crippen LogP contribution in [0.5, 0.6) is 0 Å². The van der Waals surface area contributed by atoms with Crippen molar-refractivity contribution in [2.75, 3.05) is 6.54 Å².